The quantitative estimate of drug-likeness (QED) is 0.425. The standard InChI is InChI=1S/C26H27F5N4O3S/c1-25(2)12-17(18-13-32-21-11-20(28)33-35(21)23(18)25)16-5-4-15(10-19(16)27)22(26(29,30)31)34(3)24(36)14-6-8-39(37,38)9-7-14/h4-5,10-11,13-14,17,22H,6-9,12H2,1-3H3/t17?,22-/m0/s1. The highest BCUT2D eigenvalue weighted by molar-refractivity contribution is 7.91. The topological polar surface area (TPSA) is 84.6 Å². The first-order valence-electron chi connectivity index (χ1n) is 12.5. The molecule has 2 aliphatic rings. The van der Waals surface area contributed by atoms with Gasteiger partial charge in [0.1, 0.15) is 15.7 Å². The van der Waals surface area contributed by atoms with Gasteiger partial charge in [0, 0.05) is 42.1 Å². The molecule has 0 N–H and O–H groups in total. The summed E-state index contributed by atoms with van der Waals surface area (Å²) in [5.41, 5.74) is 0.716. The van der Waals surface area contributed by atoms with Crippen LogP contribution < -0.4 is 0 Å². The second kappa shape index (κ2) is 9.24. The normalized spacial score (nSPS) is 21.6. The average molecular weight is 571 g/mol. The van der Waals surface area contributed by atoms with Crippen LogP contribution in [0.15, 0.2) is 30.5 Å². The van der Waals surface area contributed by atoms with E-state index in [9.17, 15) is 30.8 Å². The average Bonchev–Trinajstić information content (AvgIpc) is 3.33. The number of sulfone groups is 1. The minimum atomic E-state index is -4.90. The summed E-state index contributed by atoms with van der Waals surface area (Å²) < 4.78 is 96.9. The molecular weight excluding hydrogens is 543 g/mol. The van der Waals surface area contributed by atoms with Crippen LogP contribution >= 0.6 is 0 Å². The van der Waals surface area contributed by atoms with Crippen molar-refractivity contribution in [1.82, 2.24) is 19.5 Å². The Labute approximate surface area is 221 Å². The van der Waals surface area contributed by atoms with Crippen molar-refractivity contribution in [3.63, 3.8) is 0 Å². The van der Waals surface area contributed by atoms with Gasteiger partial charge in [-0.3, -0.25) is 4.79 Å². The zero-order chi connectivity index (χ0) is 28.5. The van der Waals surface area contributed by atoms with E-state index in [0.717, 1.165) is 19.2 Å². The maximum atomic E-state index is 15.6. The molecule has 5 rings (SSSR count). The largest absolute Gasteiger partial charge is 0.413 e. The van der Waals surface area contributed by atoms with Gasteiger partial charge < -0.3 is 4.90 Å². The lowest BCUT2D eigenvalue weighted by Crippen LogP contribution is -2.44. The third-order valence-corrected chi connectivity index (χ3v) is 9.59. The SMILES string of the molecule is CN(C(=O)C1CCS(=O)(=O)CC1)[C@@H](c1ccc(C2CC(C)(C)c3c2cnc2cc(F)nn32)c(F)c1)C(F)(F)F. The minimum absolute atomic E-state index is 0.0539. The number of halogens is 5. The number of aromatic nitrogens is 3. The van der Waals surface area contributed by atoms with Crippen molar-refractivity contribution in [2.45, 2.75) is 56.7 Å². The number of fused-ring (bicyclic) bond motifs is 3. The first kappa shape index (κ1) is 27.5. The number of rotatable bonds is 4. The fourth-order valence-corrected chi connectivity index (χ4v) is 7.52. The summed E-state index contributed by atoms with van der Waals surface area (Å²) in [6.07, 6.45) is -3.09. The molecule has 39 heavy (non-hydrogen) atoms. The van der Waals surface area contributed by atoms with Crippen molar-refractivity contribution in [2.24, 2.45) is 5.92 Å². The van der Waals surface area contributed by atoms with Gasteiger partial charge >= 0.3 is 6.18 Å². The van der Waals surface area contributed by atoms with Crippen molar-refractivity contribution >= 4 is 21.4 Å². The van der Waals surface area contributed by atoms with Crippen molar-refractivity contribution in [3.8, 4) is 0 Å². The Morgan fingerprint density at radius 1 is 1.13 bits per heavy atom. The van der Waals surface area contributed by atoms with E-state index >= 15 is 4.39 Å². The summed E-state index contributed by atoms with van der Waals surface area (Å²) in [4.78, 5) is 17.7. The molecule has 0 spiro atoms. The van der Waals surface area contributed by atoms with Gasteiger partial charge in [0.2, 0.25) is 11.9 Å². The van der Waals surface area contributed by atoms with E-state index in [0.29, 0.717) is 28.2 Å². The van der Waals surface area contributed by atoms with Gasteiger partial charge in [0.15, 0.2) is 11.7 Å². The Balaban J connectivity index is 1.48. The smallest absolute Gasteiger partial charge is 0.330 e. The van der Waals surface area contributed by atoms with Crippen molar-refractivity contribution in [2.75, 3.05) is 18.6 Å². The molecule has 1 aliphatic carbocycles. The van der Waals surface area contributed by atoms with Crippen LogP contribution in [0.2, 0.25) is 0 Å². The van der Waals surface area contributed by atoms with Gasteiger partial charge in [0.05, 0.1) is 17.2 Å². The maximum Gasteiger partial charge on any atom is 0.413 e. The van der Waals surface area contributed by atoms with Crippen LogP contribution in [0.4, 0.5) is 22.0 Å². The lowest BCUT2D eigenvalue weighted by atomic mass is 9.86. The fourth-order valence-electron chi connectivity index (χ4n) is 6.03. The predicted octanol–water partition coefficient (Wildman–Crippen LogP) is 4.71. The Morgan fingerprint density at radius 3 is 2.41 bits per heavy atom. The highest BCUT2D eigenvalue weighted by Crippen LogP contribution is 2.49. The van der Waals surface area contributed by atoms with Crippen LogP contribution in [0.5, 0.6) is 0 Å². The number of nitrogens with zero attached hydrogens (tertiary/aromatic N) is 4. The molecule has 1 unspecified atom stereocenters. The van der Waals surface area contributed by atoms with E-state index in [1.54, 1.807) is 0 Å². The van der Waals surface area contributed by atoms with Gasteiger partial charge in [-0.1, -0.05) is 26.0 Å². The minimum Gasteiger partial charge on any atom is -0.330 e. The van der Waals surface area contributed by atoms with Crippen LogP contribution in [0.3, 0.4) is 0 Å². The van der Waals surface area contributed by atoms with Crippen LogP contribution in [-0.2, 0) is 20.0 Å². The molecule has 13 heteroatoms. The molecule has 2 aromatic heterocycles. The molecule has 1 fully saturated rings. The summed E-state index contributed by atoms with van der Waals surface area (Å²) >= 11 is 0. The second-order valence-electron chi connectivity index (χ2n) is 11.0. The molecule has 0 bridgehead atoms. The van der Waals surface area contributed by atoms with Gasteiger partial charge in [-0.15, -0.1) is 5.10 Å². The zero-order valence-electron chi connectivity index (χ0n) is 21.5. The number of hydrogen-bond donors (Lipinski definition) is 0. The summed E-state index contributed by atoms with van der Waals surface area (Å²) in [6.45, 7) is 3.79. The molecule has 1 aromatic carbocycles. The van der Waals surface area contributed by atoms with E-state index in [-0.39, 0.29) is 29.9 Å². The number of carbonyl (C=O) groups is 1. The molecular formula is C26H27F5N4O3S. The highest BCUT2D eigenvalue weighted by Gasteiger charge is 2.47. The van der Waals surface area contributed by atoms with Gasteiger partial charge in [-0.05, 0) is 36.5 Å². The zero-order valence-corrected chi connectivity index (χ0v) is 22.3. The molecule has 210 valence electrons. The molecule has 3 heterocycles. The molecule has 2 atom stereocenters. The summed E-state index contributed by atoms with van der Waals surface area (Å²) in [6, 6.07) is 2.02. The second-order valence-corrected chi connectivity index (χ2v) is 13.3. The van der Waals surface area contributed by atoms with Crippen molar-refractivity contribution in [1.29, 1.82) is 0 Å². The Hall–Kier alpha value is -3.09. The Morgan fingerprint density at radius 2 is 1.79 bits per heavy atom. The van der Waals surface area contributed by atoms with Crippen LogP contribution in [0.25, 0.3) is 5.65 Å². The van der Waals surface area contributed by atoms with E-state index in [4.69, 9.17) is 0 Å². The van der Waals surface area contributed by atoms with Crippen molar-refractivity contribution < 1.29 is 35.2 Å². The first-order valence-corrected chi connectivity index (χ1v) is 14.3. The Bertz CT molecular complexity index is 1550. The number of carbonyl (C=O) groups excluding carboxylic acids is 1. The first-order chi connectivity index (χ1) is 18.1. The van der Waals surface area contributed by atoms with Gasteiger partial charge in [-0.2, -0.15) is 17.6 Å². The molecule has 0 radical (unpaired) electrons. The molecule has 0 saturated carbocycles. The van der Waals surface area contributed by atoms with E-state index < -0.39 is 62.5 Å². The van der Waals surface area contributed by atoms with E-state index in [1.807, 2.05) is 13.8 Å². The summed E-state index contributed by atoms with van der Waals surface area (Å²) in [5.74, 6) is -4.35. The highest BCUT2D eigenvalue weighted by atomic mass is 32.2. The number of alkyl halides is 3. The fraction of sp³-hybridized carbons (Fsp3) is 0.500. The predicted molar refractivity (Wildman–Crippen MR) is 132 cm³/mol. The van der Waals surface area contributed by atoms with Gasteiger partial charge in [0.25, 0.3) is 0 Å². The van der Waals surface area contributed by atoms with Crippen molar-refractivity contribution in [3.05, 3.63) is 64.6 Å². The molecule has 1 amide bonds. The number of hydrogen-bond acceptors (Lipinski definition) is 5. The van der Waals surface area contributed by atoms with E-state index in [1.165, 1.54) is 22.8 Å². The molecule has 1 aliphatic heterocycles. The third kappa shape index (κ3) is 4.89. The van der Waals surface area contributed by atoms with Crippen LogP contribution in [0, 0.1) is 17.7 Å². The van der Waals surface area contributed by atoms with E-state index in [2.05, 4.69) is 10.1 Å². The third-order valence-electron chi connectivity index (χ3n) is 7.88. The monoisotopic (exact) mass is 570 g/mol. The van der Waals surface area contributed by atoms with Gasteiger partial charge in [-0.25, -0.2) is 22.3 Å². The molecule has 3 aromatic rings. The summed E-state index contributed by atoms with van der Waals surface area (Å²) in [7, 11) is -2.30. The Kier molecular flexibility index (Phi) is 6.51. The molecule has 1 saturated heterocycles. The number of benzene rings is 1. The van der Waals surface area contributed by atoms with Crippen LogP contribution in [0.1, 0.15) is 67.5 Å². The van der Waals surface area contributed by atoms with Crippen LogP contribution in [-0.4, -0.2) is 58.6 Å². The lowest BCUT2D eigenvalue weighted by Gasteiger charge is -2.34. The molecule has 7 nitrogen and oxygen atoms in total. The summed E-state index contributed by atoms with van der Waals surface area (Å²) in [5, 5.41) is 3.88. The maximum absolute atomic E-state index is 15.6. The number of amides is 1. The lowest BCUT2D eigenvalue weighted by molar-refractivity contribution is -0.190.